The smallest absolute Gasteiger partial charge is 0.168 e. The minimum atomic E-state index is 0.0689. The van der Waals surface area contributed by atoms with Crippen LogP contribution < -0.4 is 0 Å². The molecule has 0 unspecified atom stereocenters. The second-order valence-corrected chi connectivity index (χ2v) is 4.06. The van der Waals surface area contributed by atoms with Crippen LogP contribution in [0.25, 0.3) is 17.4 Å². The van der Waals surface area contributed by atoms with E-state index in [0.717, 1.165) is 11.2 Å². The molecule has 0 spiro atoms. The molecule has 0 atom stereocenters. The van der Waals surface area contributed by atoms with E-state index in [4.69, 9.17) is 4.42 Å². The highest BCUT2D eigenvalue weighted by molar-refractivity contribution is 5.79. The second-order valence-electron chi connectivity index (χ2n) is 4.06. The van der Waals surface area contributed by atoms with Crippen molar-refractivity contribution in [2.24, 2.45) is 0 Å². The van der Waals surface area contributed by atoms with Crippen molar-refractivity contribution in [3.63, 3.8) is 0 Å². The van der Waals surface area contributed by atoms with Gasteiger partial charge in [0, 0.05) is 24.2 Å². The monoisotopic (exact) mass is 240 g/mol. The fourth-order valence-electron chi connectivity index (χ4n) is 1.92. The number of fused-ring (bicyclic) bond motifs is 1. The number of aliphatic hydroxyl groups excluding tert-OH is 1. The molecule has 1 N–H and O–H groups in total. The van der Waals surface area contributed by atoms with E-state index in [2.05, 4.69) is 4.98 Å². The van der Waals surface area contributed by atoms with Crippen LogP contribution in [0.4, 0.5) is 0 Å². The molecule has 90 valence electrons. The predicted octanol–water partition coefficient (Wildman–Crippen LogP) is 3.29. The summed E-state index contributed by atoms with van der Waals surface area (Å²) in [4.78, 5) is 4.33. The number of nitrogens with zero attached hydrogens (tertiary/aromatic N) is 2. The van der Waals surface area contributed by atoms with Gasteiger partial charge in [-0.05, 0) is 31.2 Å². The molecule has 0 radical (unpaired) electrons. The fourth-order valence-corrected chi connectivity index (χ4v) is 1.92. The summed E-state index contributed by atoms with van der Waals surface area (Å²) >= 11 is 0. The lowest BCUT2D eigenvalue weighted by Gasteiger charge is -2.03. The van der Waals surface area contributed by atoms with Crippen molar-refractivity contribution in [2.45, 2.75) is 6.92 Å². The Labute approximate surface area is 104 Å². The van der Waals surface area contributed by atoms with Crippen LogP contribution in [0.3, 0.4) is 0 Å². The van der Waals surface area contributed by atoms with E-state index in [1.54, 1.807) is 24.4 Å². The summed E-state index contributed by atoms with van der Waals surface area (Å²) in [5.41, 5.74) is 2.71. The van der Waals surface area contributed by atoms with Crippen LogP contribution in [0.5, 0.6) is 0 Å². The number of hydrogen-bond donors (Lipinski definition) is 1. The Morgan fingerprint density at radius 3 is 3.06 bits per heavy atom. The van der Waals surface area contributed by atoms with E-state index in [1.165, 1.54) is 6.26 Å². The molecule has 0 aliphatic carbocycles. The molecule has 0 bridgehead atoms. The third-order valence-electron chi connectivity index (χ3n) is 2.83. The van der Waals surface area contributed by atoms with Gasteiger partial charge < -0.3 is 13.9 Å². The summed E-state index contributed by atoms with van der Waals surface area (Å²) in [6.45, 7) is 1.99. The van der Waals surface area contributed by atoms with Gasteiger partial charge in [-0.3, -0.25) is 4.98 Å². The van der Waals surface area contributed by atoms with E-state index in [-0.39, 0.29) is 5.76 Å². The van der Waals surface area contributed by atoms with Crippen LogP contribution in [0.15, 0.2) is 47.3 Å². The molecule has 0 amide bonds. The van der Waals surface area contributed by atoms with Gasteiger partial charge in [-0.25, -0.2) is 0 Å². The molecule has 18 heavy (non-hydrogen) atoms. The Morgan fingerprint density at radius 2 is 2.28 bits per heavy atom. The number of hydrogen-bond acceptors (Lipinski definition) is 3. The average Bonchev–Trinajstić information content (AvgIpc) is 3.01. The van der Waals surface area contributed by atoms with Gasteiger partial charge >= 0.3 is 0 Å². The van der Waals surface area contributed by atoms with Crippen molar-refractivity contribution in [3.8, 4) is 0 Å². The lowest BCUT2D eigenvalue weighted by atomic mass is 10.2. The zero-order valence-corrected chi connectivity index (χ0v) is 9.87. The molecule has 0 saturated heterocycles. The number of aliphatic hydroxyl groups is 1. The molecule has 3 aromatic heterocycles. The lowest BCUT2D eigenvalue weighted by molar-refractivity contribution is 0.462. The van der Waals surface area contributed by atoms with Crippen LogP contribution in [-0.2, 0) is 0 Å². The molecule has 3 heterocycles. The summed E-state index contributed by atoms with van der Waals surface area (Å²) in [7, 11) is 0. The van der Waals surface area contributed by atoms with Crippen molar-refractivity contribution < 1.29 is 9.52 Å². The molecule has 0 fully saturated rings. The lowest BCUT2D eigenvalue weighted by Crippen LogP contribution is -1.94. The maximum absolute atomic E-state index is 9.95. The first-order valence-corrected chi connectivity index (χ1v) is 5.63. The largest absolute Gasteiger partial charge is 0.504 e. The standard InChI is InChI=1S/C14H12N2O2/c1-10-9-15-11(12-4-2-6-16(10)12)8-13(17)14-5-3-7-18-14/h2-9,17H,1H3/b13-8-. The quantitative estimate of drug-likeness (QED) is 0.699. The molecular weight excluding hydrogens is 228 g/mol. The van der Waals surface area contributed by atoms with E-state index in [1.807, 2.05) is 29.7 Å². The Morgan fingerprint density at radius 1 is 1.39 bits per heavy atom. The van der Waals surface area contributed by atoms with Crippen molar-refractivity contribution >= 4 is 17.4 Å². The van der Waals surface area contributed by atoms with Gasteiger partial charge in [0.25, 0.3) is 0 Å². The highest BCUT2D eigenvalue weighted by Gasteiger charge is 2.06. The second kappa shape index (κ2) is 4.07. The van der Waals surface area contributed by atoms with Crippen LogP contribution in [0.1, 0.15) is 17.1 Å². The predicted molar refractivity (Wildman–Crippen MR) is 69.1 cm³/mol. The normalized spacial score (nSPS) is 12.2. The van der Waals surface area contributed by atoms with Crippen molar-refractivity contribution in [3.05, 3.63) is 60.1 Å². The summed E-state index contributed by atoms with van der Waals surface area (Å²) in [6.07, 6.45) is 6.87. The zero-order valence-electron chi connectivity index (χ0n) is 9.87. The van der Waals surface area contributed by atoms with Crippen LogP contribution in [0.2, 0.25) is 0 Å². The van der Waals surface area contributed by atoms with Crippen molar-refractivity contribution in [1.82, 2.24) is 9.38 Å². The highest BCUT2D eigenvalue weighted by Crippen LogP contribution is 2.19. The molecular formula is C14H12N2O2. The summed E-state index contributed by atoms with van der Waals surface area (Å²) < 4.78 is 7.15. The Kier molecular flexibility index (Phi) is 2.41. The summed E-state index contributed by atoms with van der Waals surface area (Å²) in [5, 5.41) is 9.95. The fraction of sp³-hybridized carbons (Fsp3) is 0.0714. The van der Waals surface area contributed by atoms with Crippen molar-refractivity contribution in [2.75, 3.05) is 0 Å². The van der Waals surface area contributed by atoms with Crippen LogP contribution >= 0.6 is 0 Å². The molecule has 4 nitrogen and oxygen atoms in total. The van der Waals surface area contributed by atoms with Gasteiger partial charge in [0.1, 0.15) is 0 Å². The SMILES string of the molecule is Cc1cnc(/C=C(\O)c2ccco2)c2cccn12. The molecule has 0 aliphatic rings. The first-order chi connectivity index (χ1) is 8.75. The Hall–Kier alpha value is -2.49. The van der Waals surface area contributed by atoms with Gasteiger partial charge in [-0.1, -0.05) is 0 Å². The molecule has 3 aromatic rings. The van der Waals surface area contributed by atoms with Gasteiger partial charge in [0.05, 0.1) is 17.5 Å². The Balaban J connectivity index is 2.13. The Bertz CT molecular complexity index is 709. The maximum atomic E-state index is 9.95. The van der Waals surface area contributed by atoms with E-state index >= 15 is 0 Å². The van der Waals surface area contributed by atoms with E-state index in [0.29, 0.717) is 11.5 Å². The third-order valence-corrected chi connectivity index (χ3v) is 2.83. The van der Waals surface area contributed by atoms with Crippen LogP contribution in [-0.4, -0.2) is 14.5 Å². The van der Waals surface area contributed by atoms with Crippen molar-refractivity contribution in [1.29, 1.82) is 0 Å². The average molecular weight is 240 g/mol. The topological polar surface area (TPSA) is 50.7 Å². The number of aryl methyl sites for hydroxylation is 1. The minimum Gasteiger partial charge on any atom is -0.504 e. The molecule has 0 aromatic carbocycles. The minimum absolute atomic E-state index is 0.0689. The molecule has 4 heteroatoms. The van der Waals surface area contributed by atoms with Gasteiger partial charge in [0.2, 0.25) is 0 Å². The number of furan rings is 1. The van der Waals surface area contributed by atoms with E-state index in [9.17, 15) is 5.11 Å². The van der Waals surface area contributed by atoms with Gasteiger partial charge in [0.15, 0.2) is 11.5 Å². The summed E-state index contributed by atoms with van der Waals surface area (Å²) in [6, 6.07) is 7.34. The van der Waals surface area contributed by atoms with Gasteiger partial charge in [-0.15, -0.1) is 0 Å². The third kappa shape index (κ3) is 1.68. The zero-order chi connectivity index (χ0) is 12.5. The number of aromatic nitrogens is 2. The maximum Gasteiger partial charge on any atom is 0.168 e. The van der Waals surface area contributed by atoms with Crippen LogP contribution in [0, 0.1) is 6.92 Å². The first-order valence-electron chi connectivity index (χ1n) is 5.63. The molecule has 3 rings (SSSR count). The van der Waals surface area contributed by atoms with E-state index < -0.39 is 0 Å². The molecule has 0 aliphatic heterocycles. The number of rotatable bonds is 2. The highest BCUT2D eigenvalue weighted by atomic mass is 16.4. The summed E-state index contributed by atoms with van der Waals surface area (Å²) in [5.74, 6) is 0.501. The first kappa shape index (κ1) is 10.7. The van der Waals surface area contributed by atoms with Gasteiger partial charge in [-0.2, -0.15) is 0 Å². The molecule has 0 saturated carbocycles.